The summed E-state index contributed by atoms with van der Waals surface area (Å²) in [6, 6.07) is 19.6. The highest BCUT2D eigenvalue weighted by Crippen LogP contribution is 2.29. The molecule has 4 heteroatoms. The van der Waals surface area contributed by atoms with Gasteiger partial charge in [0.2, 0.25) is 11.8 Å². The summed E-state index contributed by atoms with van der Waals surface area (Å²) in [5.41, 5.74) is 0.795. The summed E-state index contributed by atoms with van der Waals surface area (Å²) in [5.74, 6) is -0.375. The van der Waals surface area contributed by atoms with Crippen LogP contribution in [0, 0.1) is 5.41 Å². The number of unbranched alkanes of at least 4 members (excludes halogenated alkanes) is 2. The maximum Gasteiger partial charge on any atom is 0.236 e. The summed E-state index contributed by atoms with van der Waals surface area (Å²) in [5, 5.41) is 6.07. The summed E-state index contributed by atoms with van der Waals surface area (Å²) < 4.78 is 0. The molecule has 0 saturated carbocycles. The van der Waals surface area contributed by atoms with Crippen molar-refractivity contribution in [3.05, 3.63) is 71.8 Å². The molecule has 2 rings (SSSR count). The third-order valence-electron chi connectivity index (χ3n) is 5.20. The van der Waals surface area contributed by atoms with E-state index in [0.29, 0.717) is 25.9 Å². The number of carbonyl (C=O) groups excluding carboxylic acids is 2. The van der Waals surface area contributed by atoms with Crippen LogP contribution in [-0.4, -0.2) is 24.9 Å². The largest absolute Gasteiger partial charge is 0.355 e. The van der Waals surface area contributed by atoms with Crippen molar-refractivity contribution in [1.82, 2.24) is 10.6 Å². The van der Waals surface area contributed by atoms with Gasteiger partial charge in [0.1, 0.15) is 5.41 Å². The van der Waals surface area contributed by atoms with Gasteiger partial charge in [0.25, 0.3) is 0 Å². The Labute approximate surface area is 175 Å². The highest BCUT2D eigenvalue weighted by Gasteiger charge is 2.45. The van der Waals surface area contributed by atoms with Gasteiger partial charge in [-0.05, 0) is 36.8 Å². The number of hydrogen-bond acceptors (Lipinski definition) is 2. The fraction of sp³-hybridized carbons (Fsp3) is 0.440. The van der Waals surface area contributed by atoms with Crippen molar-refractivity contribution >= 4 is 11.8 Å². The zero-order chi connectivity index (χ0) is 21.0. The van der Waals surface area contributed by atoms with E-state index in [2.05, 4.69) is 24.5 Å². The summed E-state index contributed by atoms with van der Waals surface area (Å²) in [6.07, 6.45) is 4.53. The molecule has 0 radical (unpaired) electrons. The second-order valence-electron chi connectivity index (χ2n) is 7.63. The molecule has 4 nitrogen and oxygen atoms in total. The Morgan fingerprint density at radius 3 is 1.41 bits per heavy atom. The smallest absolute Gasteiger partial charge is 0.236 e. The predicted molar refractivity (Wildman–Crippen MR) is 119 cm³/mol. The van der Waals surface area contributed by atoms with Crippen LogP contribution in [0.15, 0.2) is 60.7 Å². The van der Waals surface area contributed by atoms with E-state index in [1.54, 1.807) is 0 Å². The van der Waals surface area contributed by atoms with Gasteiger partial charge in [-0.25, -0.2) is 0 Å². The second-order valence-corrected chi connectivity index (χ2v) is 7.63. The van der Waals surface area contributed by atoms with Crippen molar-refractivity contribution in [1.29, 1.82) is 0 Å². The van der Waals surface area contributed by atoms with Crippen LogP contribution < -0.4 is 10.6 Å². The van der Waals surface area contributed by atoms with E-state index in [1.807, 2.05) is 60.7 Å². The molecule has 0 aliphatic rings. The molecule has 156 valence electrons. The Morgan fingerprint density at radius 2 is 1.07 bits per heavy atom. The van der Waals surface area contributed by atoms with Crippen molar-refractivity contribution < 1.29 is 9.59 Å². The molecule has 2 N–H and O–H groups in total. The SMILES string of the molecule is CCCCNC(=O)C(Cc1ccccc1)(Cc1ccccc1)C(=O)NCCCC. The normalized spacial score (nSPS) is 11.1. The van der Waals surface area contributed by atoms with E-state index in [-0.39, 0.29) is 11.8 Å². The first-order valence-electron chi connectivity index (χ1n) is 10.8. The van der Waals surface area contributed by atoms with E-state index in [4.69, 9.17) is 0 Å². The highest BCUT2D eigenvalue weighted by molar-refractivity contribution is 6.05. The topological polar surface area (TPSA) is 58.2 Å². The Balaban J connectivity index is 2.40. The molecule has 0 saturated heterocycles. The van der Waals surface area contributed by atoms with Gasteiger partial charge < -0.3 is 10.6 Å². The molecule has 0 fully saturated rings. The number of amides is 2. The Hall–Kier alpha value is -2.62. The van der Waals surface area contributed by atoms with Crippen LogP contribution in [0.4, 0.5) is 0 Å². The number of hydrogen-bond donors (Lipinski definition) is 2. The quantitative estimate of drug-likeness (QED) is 0.417. The van der Waals surface area contributed by atoms with Crippen LogP contribution in [0.2, 0.25) is 0 Å². The molecule has 0 bridgehead atoms. The molecule has 0 heterocycles. The minimum absolute atomic E-state index is 0.187. The third-order valence-corrected chi connectivity index (χ3v) is 5.20. The highest BCUT2D eigenvalue weighted by atomic mass is 16.2. The van der Waals surface area contributed by atoms with Crippen LogP contribution in [0.25, 0.3) is 0 Å². The van der Waals surface area contributed by atoms with Gasteiger partial charge in [0.05, 0.1) is 0 Å². The first-order valence-corrected chi connectivity index (χ1v) is 10.8. The summed E-state index contributed by atoms with van der Waals surface area (Å²) >= 11 is 0. The van der Waals surface area contributed by atoms with Crippen molar-refractivity contribution in [2.45, 2.75) is 52.4 Å². The van der Waals surface area contributed by atoms with Crippen molar-refractivity contribution in [2.24, 2.45) is 5.41 Å². The van der Waals surface area contributed by atoms with Gasteiger partial charge >= 0.3 is 0 Å². The second kappa shape index (κ2) is 12.1. The number of benzene rings is 2. The van der Waals surface area contributed by atoms with Gasteiger partial charge in [-0.3, -0.25) is 9.59 Å². The van der Waals surface area contributed by atoms with Gasteiger partial charge in [0, 0.05) is 13.1 Å². The molecule has 0 aromatic heterocycles. The van der Waals surface area contributed by atoms with Crippen molar-refractivity contribution in [3.8, 4) is 0 Å². The van der Waals surface area contributed by atoms with E-state index in [1.165, 1.54) is 0 Å². The lowest BCUT2D eigenvalue weighted by molar-refractivity contribution is -0.143. The first kappa shape index (κ1) is 22.7. The fourth-order valence-corrected chi connectivity index (χ4v) is 3.47. The van der Waals surface area contributed by atoms with E-state index >= 15 is 0 Å². The molecular weight excluding hydrogens is 360 g/mol. The molecule has 0 atom stereocenters. The maximum absolute atomic E-state index is 13.5. The molecule has 0 aliphatic carbocycles. The molecule has 2 amide bonds. The van der Waals surface area contributed by atoms with E-state index < -0.39 is 5.41 Å². The minimum Gasteiger partial charge on any atom is -0.355 e. The van der Waals surface area contributed by atoms with Crippen molar-refractivity contribution in [2.75, 3.05) is 13.1 Å². The van der Waals surface area contributed by atoms with Crippen LogP contribution >= 0.6 is 0 Å². The molecule has 2 aromatic rings. The van der Waals surface area contributed by atoms with Crippen molar-refractivity contribution in [3.63, 3.8) is 0 Å². The monoisotopic (exact) mass is 394 g/mol. The summed E-state index contributed by atoms with van der Waals surface area (Å²) in [7, 11) is 0. The number of carbonyl (C=O) groups is 2. The lowest BCUT2D eigenvalue weighted by atomic mass is 9.74. The van der Waals surface area contributed by atoms with Crippen LogP contribution in [0.3, 0.4) is 0 Å². The number of nitrogens with one attached hydrogen (secondary N) is 2. The van der Waals surface area contributed by atoms with Gasteiger partial charge in [0.15, 0.2) is 0 Å². The van der Waals surface area contributed by atoms with Gasteiger partial charge in [-0.2, -0.15) is 0 Å². The van der Waals surface area contributed by atoms with Gasteiger partial charge in [-0.15, -0.1) is 0 Å². The third kappa shape index (κ3) is 6.74. The maximum atomic E-state index is 13.5. The molecular formula is C25H34N2O2. The predicted octanol–water partition coefficient (Wildman–Crippen LogP) is 4.29. The van der Waals surface area contributed by atoms with E-state index in [0.717, 1.165) is 36.8 Å². The van der Waals surface area contributed by atoms with E-state index in [9.17, 15) is 9.59 Å². The first-order chi connectivity index (χ1) is 14.1. The minimum atomic E-state index is -1.18. The van der Waals surface area contributed by atoms with Crippen LogP contribution in [-0.2, 0) is 22.4 Å². The van der Waals surface area contributed by atoms with Crippen LogP contribution in [0.5, 0.6) is 0 Å². The molecule has 0 spiro atoms. The lowest BCUT2D eigenvalue weighted by Gasteiger charge is -2.32. The number of rotatable bonds is 12. The molecule has 2 aromatic carbocycles. The fourth-order valence-electron chi connectivity index (χ4n) is 3.47. The lowest BCUT2D eigenvalue weighted by Crippen LogP contribution is -2.54. The average Bonchev–Trinajstić information content (AvgIpc) is 2.75. The average molecular weight is 395 g/mol. The van der Waals surface area contributed by atoms with Gasteiger partial charge in [-0.1, -0.05) is 87.4 Å². The summed E-state index contributed by atoms with van der Waals surface area (Å²) in [6.45, 7) is 5.35. The Morgan fingerprint density at radius 1 is 0.690 bits per heavy atom. The zero-order valence-corrected chi connectivity index (χ0v) is 17.7. The Kier molecular flexibility index (Phi) is 9.42. The summed E-state index contributed by atoms with van der Waals surface area (Å²) in [4.78, 5) is 26.9. The molecule has 0 aliphatic heterocycles. The van der Waals surface area contributed by atoms with Crippen LogP contribution in [0.1, 0.15) is 50.7 Å². The zero-order valence-electron chi connectivity index (χ0n) is 17.7. The standard InChI is InChI=1S/C25H34N2O2/c1-3-5-17-26-23(28)25(24(29)27-18-6-4-2,19-21-13-9-7-10-14-21)20-22-15-11-8-12-16-22/h7-16H,3-6,17-20H2,1-2H3,(H,26,28)(H,27,29). The molecule has 29 heavy (non-hydrogen) atoms. The Bertz CT molecular complexity index is 678. The molecule has 0 unspecified atom stereocenters.